The Morgan fingerprint density at radius 1 is 1.67 bits per heavy atom. The molecule has 1 aromatic heterocycles. The number of hydrogen-bond acceptors (Lipinski definition) is 4. The zero-order valence-electron chi connectivity index (χ0n) is 5.08. The van der Waals surface area contributed by atoms with Gasteiger partial charge in [0.25, 0.3) is 0 Å². The molecule has 1 heterocycles. The van der Waals surface area contributed by atoms with Crippen LogP contribution in [0.2, 0.25) is 0 Å². The monoisotopic (exact) mass is 143 g/mol. The van der Waals surface area contributed by atoms with Gasteiger partial charge in [-0.3, -0.25) is 0 Å². The van der Waals surface area contributed by atoms with Gasteiger partial charge >= 0.3 is 0 Å². The van der Waals surface area contributed by atoms with Crippen LogP contribution in [0, 0.1) is 0 Å². The highest BCUT2D eigenvalue weighted by atomic mass is 32.1. The summed E-state index contributed by atoms with van der Waals surface area (Å²) < 4.78 is 4.03. The van der Waals surface area contributed by atoms with Crippen molar-refractivity contribution in [3.63, 3.8) is 0 Å². The van der Waals surface area contributed by atoms with Crippen LogP contribution in [-0.2, 0) is 6.42 Å². The molecule has 50 valence electrons. The Hall–Kier alpha value is -0.480. The summed E-state index contributed by atoms with van der Waals surface area (Å²) in [7, 11) is 0. The molecule has 0 unspecified atom stereocenters. The molecular formula is C5H9N3S. The fourth-order valence-corrected chi connectivity index (χ4v) is 1.04. The third kappa shape index (κ3) is 2.07. The van der Waals surface area contributed by atoms with E-state index in [4.69, 9.17) is 5.73 Å². The van der Waals surface area contributed by atoms with Crippen LogP contribution in [-0.4, -0.2) is 15.9 Å². The van der Waals surface area contributed by atoms with Crippen molar-refractivity contribution in [3.8, 4) is 0 Å². The van der Waals surface area contributed by atoms with Crippen molar-refractivity contribution in [2.24, 2.45) is 5.73 Å². The Labute approximate surface area is 58.1 Å². The average Bonchev–Trinajstić information content (AvgIpc) is 2.34. The second-order valence-electron chi connectivity index (χ2n) is 1.74. The van der Waals surface area contributed by atoms with Crippen LogP contribution < -0.4 is 5.73 Å². The predicted octanol–water partition coefficient (Wildman–Crippen LogP) is 0.429. The number of hydrogen-bond donors (Lipinski definition) is 1. The second-order valence-corrected chi connectivity index (χ2v) is 2.34. The Morgan fingerprint density at radius 2 is 2.56 bits per heavy atom. The van der Waals surface area contributed by atoms with Gasteiger partial charge in [0, 0.05) is 6.42 Å². The Morgan fingerprint density at radius 3 is 3.11 bits per heavy atom. The Kier molecular flexibility index (Phi) is 2.60. The number of aryl methyl sites for hydroxylation is 1. The van der Waals surface area contributed by atoms with Gasteiger partial charge in [0.1, 0.15) is 11.3 Å². The van der Waals surface area contributed by atoms with Gasteiger partial charge in [-0.1, -0.05) is 0 Å². The summed E-state index contributed by atoms with van der Waals surface area (Å²) >= 11 is 1.39. The van der Waals surface area contributed by atoms with Crippen molar-refractivity contribution in [1.82, 2.24) is 9.36 Å². The van der Waals surface area contributed by atoms with Crippen LogP contribution >= 0.6 is 11.5 Å². The van der Waals surface area contributed by atoms with Crippen molar-refractivity contribution in [3.05, 3.63) is 11.3 Å². The minimum absolute atomic E-state index is 0.721. The largest absolute Gasteiger partial charge is 0.330 e. The highest BCUT2D eigenvalue weighted by Crippen LogP contribution is 1.96. The van der Waals surface area contributed by atoms with E-state index in [1.807, 2.05) is 0 Å². The van der Waals surface area contributed by atoms with Crippen molar-refractivity contribution in [1.29, 1.82) is 0 Å². The molecule has 0 aliphatic carbocycles. The topological polar surface area (TPSA) is 51.8 Å². The number of nitrogens with zero attached hydrogens (tertiary/aromatic N) is 2. The summed E-state index contributed by atoms with van der Waals surface area (Å²) in [6.07, 6.45) is 1.90. The lowest BCUT2D eigenvalue weighted by atomic mass is 10.3. The van der Waals surface area contributed by atoms with Gasteiger partial charge in [-0.15, -0.1) is 0 Å². The quantitative estimate of drug-likeness (QED) is 0.667. The van der Waals surface area contributed by atoms with Crippen LogP contribution in [0.5, 0.6) is 0 Å². The van der Waals surface area contributed by atoms with E-state index >= 15 is 0 Å². The van der Waals surface area contributed by atoms with Gasteiger partial charge in [-0.05, 0) is 24.5 Å². The van der Waals surface area contributed by atoms with Crippen molar-refractivity contribution in [2.75, 3.05) is 6.54 Å². The van der Waals surface area contributed by atoms with E-state index < -0.39 is 0 Å². The SMILES string of the molecule is NCCCc1ncsn1. The average molecular weight is 143 g/mol. The van der Waals surface area contributed by atoms with Crippen LogP contribution in [0.1, 0.15) is 12.2 Å². The maximum atomic E-state index is 5.29. The molecule has 0 saturated carbocycles. The molecule has 4 heteroatoms. The molecule has 9 heavy (non-hydrogen) atoms. The third-order valence-corrected chi connectivity index (χ3v) is 1.53. The molecule has 0 spiro atoms. The first-order valence-electron chi connectivity index (χ1n) is 2.89. The molecule has 0 radical (unpaired) electrons. The van der Waals surface area contributed by atoms with Crippen LogP contribution in [0.15, 0.2) is 5.51 Å². The smallest absolute Gasteiger partial charge is 0.142 e. The standard InChI is InChI=1S/C5H9N3S/c6-3-1-2-5-7-4-9-8-5/h4H,1-3,6H2. The molecule has 0 saturated heterocycles. The maximum Gasteiger partial charge on any atom is 0.142 e. The molecule has 0 aliphatic rings. The predicted molar refractivity (Wildman–Crippen MR) is 37.3 cm³/mol. The summed E-state index contributed by atoms with van der Waals surface area (Å²) in [5.74, 6) is 0.922. The minimum atomic E-state index is 0.721. The summed E-state index contributed by atoms with van der Waals surface area (Å²) in [6.45, 7) is 0.721. The lowest BCUT2D eigenvalue weighted by molar-refractivity contribution is 0.796. The molecule has 0 aromatic carbocycles. The Bertz CT molecular complexity index is 149. The zero-order valence-corrected chi connectivity index (χ0v) is 5.90. The van der Waals surface area contributed by atoms with Gasteiger partial charge in [0.15, 0.2) is 0 Å². The molecule has 2 N–H and O–H groups in total. The molecule has 0 bridgehead atoms. The summed E-state index contributed by atoms with van der Waals surface area (Å²) in [5, 5.41) is 0. The van der Waals surface area contributed by atoms with Gasteiger partial charge in [-0.25, -0.2) is 4.98 Å². The summed E-state index contributed by atoms with van der Waals surface area (Å²) in [5.41, 5.74) is 7.03. The fourth-order valence-electron chi connectivity index (χ4n) is 0.563. The van der Waals surface area contributed by atoms with E-state index in [2.05, 4.69) is 9.36 Å². The van der Waals surface area contributed by atoms with Gasteiger partial charge in [0.05, 0.1) is 0 Å². The molecule has 3 nitrogen and oxygen atoms in total. The normalized spacial score (nSPS) is 9.89. The maximum absolute atomic E-state index is 5.29. The van der Waals surface area contributed by atoms with Crippen molar-refractivity contribution in [2.45, 2.75) is 12.8 Å². The molecule has 0 amide bonds. The van der Waals surface area contributed by atoms with E-state index in [1.165, 1.54) is 11.5 Å². The van der Waals surface area contributed by atoms with E-state index in [1.54, 1.807) is 5.51 Å². The van der Waals surface area contributed by atoms with Gasteiger partial charge in [-0.2, -0.15) is 4.37 Å². The van der Waals surface area contributed by atoms with Crippen LogP contribution in [0.25, 0.3) is 0 Å². The zero-order chi connectivity index (χ0) is 6.53. The highest BCUT2D eigenvalue weighted by molar-refractivity contribution is 7.03. The number of aromatic nitrogens is 2. The molecule has 0 aliphatic heterocycles. The molecule has 1 aromatic rings. The van der Waals surface area contributed by atoms with Gasteiger partial charge in [0.2, 0.25) is 0 Å². The van der Waals surface area contributed by atoms with E-state index in [0.717, 1.165) is 25.2 Å². The molecule has 0 atom stereocenters. The fraction of sp³-hybridized carbons (Fsp3) is 0.600. The van der Waals surface area contributed by atoms with E-state index in [-0.39, 0.29) is 0 Å². The first-order valence-corrected chi connectivity index (χ1v) is 3.72. The lowest BCUT2D eigenvalue weighted by Crippen LogP contribution is -2.00. The van der Waals surface area contributed by atoms with E-state index in [0.29, 0.717) is 0 Å². The van der Waals surface area contributed by atoms with E-state index in [9.17, 15) is 0 Å². The van der Waals surface area contributed by atoms with Gasteiger partial charge < -0.3 is 5.73 Å². The molecule has 0 fully saturated rings. The highest BCUT2D eigenvalue weighted by Gasteiger charge is 1.92. The summed E-state index contributed by atoms with van der Waals surface area (Å²) in [6, 6.07) is 0. The molecular weight excluding hydrogens is 134 g/mol. The summed E-state index contributed by atoms with van der Waals surface area (Å²) in [4.78, 5) is 4.01. The van der Waals surface area contributed by atoms with Crippen molar-refractivity contribution >= 4 is 11.5 Å². The Balaban J connectivity index is 2.30. The molecule has 1 rings (SSSR count). The van der Waals surface area contributed by atoms with Crippen molar-refractivity contribution < 1.29 is 0 Å². The lowest BCUT2D eigenvalue weighted by Gasteiger charge is -1.88. The third-order valence-electron chi connectivity index (χ3n) is 1.01. The first-order chi connectivity index (χ1) is 4.43. The van der Waals surface area contributed by atoms with Crippen LogP contribution in [0.4, 0.5) is 0 Å². The number of nitrogens with two attached hydrogens (primary N) is 1. The first kappa shape index (κ1) is 6.64. The second kappa shape index (κ2) is 3.53. The number of rotatable bonds is 3. The van der Waals surface area contributed by atoms with Crippen LogP contribution in [0.3, 0.4) is 0 Å². The minimum Gasteiger partial charge on any atom is -0.330 e.